The molecular formula is C9H11N3S. The molecule has 0 aliphatic heterocycles. The van der Waals surface area contributed by atoms with Crippen LogP contribution in [0.15, 0.2) is 17.8 Å². The maximum atomic E-state index is 4.40. The van der Waals surface area contributed by atoms with Gasteiger partial charge in [-0.15, -0.1) is 11.3 Å². The lowest BCUT2D eigenvalue weighted by molar-refractivity contribution is 0.754. The molecule has 2 heterocycles. The molecule has 0 unspecified atom stereocenters. The van der Waals surface area contributed by atoms with Crippen molar-refractivity contribution in [1.29, 1.82) is 0 Å². The van der Waals surface area contributed by atoms with E-state index in [1.54, 1.807) is 11.3 Å². The summed E-state index contributed by atoms with van der Waals surface area (Å²) in [5, 5.41) is 3.21. The van der Waals surface area contributed by atoms with Crippen LogP contribution >= 0.6 is 11.3 Å². The molecule has 0 atom stereocenters. The molecule has 0 aromatic carbocycles. The average molecular weight is 193 g/mol. The standard InChI is InChI=1S/C9H11N3S/c1-7-6-13-9(11-7)5-12-4-3-10-8(12)2/h3-4,6H,5H2,1-2H3. The van der Waals surface area contributed by atoms with Gasteiger partial charge in [0.05, 0.1) is 6.54 Å². The first-order valence-electron chi connectivity index (χ1n) is 4.14. The van der Waals surface area contributed by atoms with E-state index in [4.69, 9.17) is 0 Å². The first-order valence-corrected chi connectivity index (χ1v) is 5.02. The quantitative estimate of drug-likeness (QED) is 0.730. The van der Waals surface area contributed by atoms with Crippen molar-refractivity contribution in [2.75, 3.05) is 0 Å². The number of hydrogen-bond acceptors (Lipinski definition) is 3. The minimum Gasteiger partial charge on any atom is -0.328 e. The maximum Gasteiger partial charge on any atom is 0.113 e. The molecule has 0 spiro atoms. The van der Waals surface area contributed by atoms with Crippen LogP contribution in [0.2, 0.25) is 0 Å². The van der Waals surface area contributed by atoms with Crippen molar-refractivity contribution in [2.24, 2.45) is 0 Å². The topological polar surface area (TPSA) is 30.7 Å². The molecule has 0 saturated heterocycles. The van der Waals surface area contributed by atoms with Crippen molar-refractivity contribution in [3.05, 3.63) is 34.3 Å². The van der Waals surface area contributed by atoms with Gasteiger partial charge in [-0.1, -0.05) is 0 Å². The molecule has 2 rings (SSSR count). The van der Waals surface area contributed by atoms with Crippen LogP contribution in [0, 0.1) is 13.8 Å². The Kier molecular flexibility index (Phi) is 2.14. The Hall–Kier alpha value is -1.16. The zero-order valence-electron chi connectivity index (χ0n) is 7.69. The van der Waals surface area contributed by atoms with Gasteiger partial charge >= 0.3 is 0 Å². The summed E-state index contributed by atoms with van der Waals surface area (Å²) >= 11 is 1.70. The minimum absolute atomic E-state index is 0.838. The van der Waals surface area contributed by atoms with Crippen LogP contribution in [-0.4, -0.2) is 14.5 Å². The molecule has 13 heavy (non-hydrogen) atoms. The first kappa shape index (κ1) is 8.44. The molecule has 68 valence electrons. The zero-order chi connectivity index (χ0) is 9.26. The van der Waals surface area contributed by atoms with Gasteiger partial charge in [0.1, 0.15) is 10.8 Å². The normalized spacial score (nSPS) is 10.6. The third kappa shape index (κ3) is 1.78. The number of aryl methyl sites for hydroxylation is 2. The number of rotatable bonds is 2. The Morgan fingerprint density at radius 3 is 2.85 bits per heavy atom. The Balaban J connectivity index is 2.19. The molecule has 0 aliphatic rings. The van der Waals surface area contributed by atoms with E-state index < -0.39 is 0 Å². The fourth-order valence-corrected chi connectivity index (χ4v) is 1.96. The Morgan fingerprint density at radius 2 is 2.31 bits per heavy atom. The lowest BCUT2D eigenvalue weighted by Gasteiger charge is -2.00. The molecule has 4 heteroatoms. The van der Waals surface area contributed by atoms with Gasteiger partial charge < -0.3 is 4.57 Å². The van der Waals surface area contributed by atoms with Crippen molar-refractivity contribution in [2.45, 2.75) is 20.4 Å². The highest BCUT2D eigenvalue weighted by atomic mass is 32.1. The monoisotopic (exact) mass is 193 g/mol. The Labute approximate surface area is 81.1 Å². The maximum absolute atomic E-state index is 4.40. The lowest BCUT2D eigenvalue weighted by Crippen LogP contribution is -2.00. The van der Waals surface area contributed by atoms with Crippen LogP contribution < -0.4 is 0 Å². The Morgan fingerprint density at radius 1 is 1.46 bits per heavy atom. The van der Waals surface area contributed by atoms with Crippen molar-refractivity contribution < 1.29 is 0 Å². The van der Waals surface area contributed by atoms with Gasteiger partial charge in [-0.3, -0.25) is 0 Å². The number of thiazole rings is 1. The zero-order valence-corrected chi connectivity index (χ0v) is 8.51. The third-order valence-corrected chi connectivity index (χ3v) is 2.85. The molecular weight excluding hydrogens is 182 g/mol. The molecule has 0 aliphatic carbocycles. The minimum atomic E-state index is 0.838. The lowest BCUT2D eigenvalue weighted by atomic mass is 10.5. The van der Waals surface area contributed by atoms with Crippen molar-refractivity contribution in [3.8, 4) is 0 Å². The predicted octanol–water partition coefficient (Wildman–Crippen LogP) is 2.00. The van der Waals surface area contributed by atoms with Gasteiger partial charge in [0.2, 0.25) is 0 Å². The number of aromatic nitrogens is 3. The Bertz CT molecular complexity index is 402. The predicted molar refractivity (Wildman–Crippen MR) is 52.9 cm³/mol. The average Bonchev–Trinajstić information content (AvgIpc) is 2.64. The molecule has 0 bridgehead atoms. The van der Waals surface area contributed by atoms with Gasteiger partial charge in [-0.25, -0.2) is 9.97 Å². The summed E-state index contributed by atoms with van der Waals surface area (Å²) in [4.78, 5) is 8.56. The molecule has 2 aromatic rings. The third-order valence-electron chi connectivity index (χ3n) is 1.90. The van der Waals surface area contributed by atoms with E-state index in [1.807, 2.05) is 26.2 Å². The fourth-order valence-electron chi connectivity index (χ4n) is 1.19. The van der Waals surface area contributed by atoms with E-state index in [2.05, 4.69) is 19.9 Å². The summed E-state index contributed by atoms with van der Waals surface area (Å²) < 4.78 is 2.10. The first-order chi connectivity index (χ1) is 6.25. The summed E-state index contributed by atoms with van der Waals surface area (Å²) in [5.74, 6) is 1.04. The molecule has 0 fully saturated rings. The van der Waals surface area contributed by atoms with E-state index >= 15 is 0 Å². The SMILES string of the molecule is Cc1csc(Cn2ccnc2C)n1. The molecule has 3 nitrogen and oxygen atoms in total. The second-order valence-corrected chi connectivity index (χ2v) is 3.93. The van der Waals surface area contributed by atoms with Crippen LogP contribution in [0.3, 0.4) is 0 Å². The largest absolute Gasteiger partial charge is 0.328 e. The van der Waals surface area contributed by atoms with Gasteiger partial charge in [-0.2, -0.15) is 0 Å². The molecule has 0 radical (unpaired) electrons. The highest BCUT2D eigenvalue weighted by Crippen LogP contribution is 2.11. The van der Waals surface area contributed by atoms with Gasteiger partial charge in [0.15, 0.2) is 0 Å². The van der Waals surface area contributed by atoms with E-state index in [-0.39, 0.29) is 0 Å². The van der Waals surface area contributed by atoms with Crippen LogP contribution in [0.5, 0.6) is 0 Å². The second kappa shape index (κ2) is 3.30. The summed E-state index contributed by atoms with van der Waals surface area (Å²) in [6.07, 6.45) is 3.79. The smallest absolute Gasteiger partial charge is 0.113 e. The van der Waals surface area contributed by atoms with Crippen LogP contribution in [-0.2, 0) is 6.54 Å². The highest BCUT2D eigenvalue weighted by Gasteiger charge is 2.01. The van der Waals surface area contributed by atoms with Gasteiger partial charge in [-0.05, 0) is 13.8 Å². The summed E-state index contributed by atoms with van der Waals surface area (Å²) in [6, 6.07) is 0. The van der Waals surface area contributed by atoms with E-state index in [9.17, 15) is 0 Å². The van der Waals surface area contributed by atoms with E-state index in [1.165, 1.54) is 0 Å². The highest BCUT2D eigenvalue weighted by molar-refractivity contribution is 7.09. The summed E-state index contributed by atoms with van der Waals surface area (Å²) in [6.45, 7) is 4.85. The van der Waals surface area contributed by atoms with Crippen molar-refractivity contribution in [3.63, 3.8) is 0 Å². The van der Waals surface area contributed by atoms with Crippen molar-refractivity contribution >= 4 is 11.3 Å². The van der Waals surface area contributed by atoms with E-state index in [0.717, 1.165) is 23.1 Å². The van der Waals surface area contributed by atoms with Gasteiger partial charge in [0.25, 0.3) is 0 Å². The number of nitrogens with zero attached hydrogens (tertiary/aromatic N) is 3. The van der Waals surface area contributed by atoms with Crippen LogP contribution in [0.1, 0.15) is 16.5 Å². The molecule has 2 aromatic heterocycles. The van der Waals surface area contributed by atoms with E-state index in [0.29, 0.717) is 0 Å². The molecule has 0 saturated carbocycles. The summed E-state index contributed by atoms with van der Waals surface area (Å²) in [5.41, 5.74) is 1.10. The fraction of sp³-hybridized carbons (Fsp3) is 0.333. The van der Waals surface area contributed by atoms with Crippen LogP contribution in [0.4, 0.5) is 0 Å². The van der Waals surface area contributed by atoms with Crippen molar-refractivity contribution in [1.82, 2.24) is 14.5 Å². The molecule has 0 N–H and O–H groups in total. The number of imidazole rings is 1. The number of hydrogen-bond donors (Lipinski definition) is 0. The van der Waals surface area contributed by atoms with Gasteiger partial charge in [0, 0.05) is 23.5 Å². The van der Waals surface area contributed by atoms with Crippen LogP contribution in [0.25, 0.3) is 0 Å². The second-order valence-electron chi connectivity index (χ2n) is 2.98. The summed E-state index contributed by atoms with van der Waals surface area (Å²) in [7, 11) is 0. The molecule has 0 amide bonds.